The Morgan fingerprint density at radius 1 is 1.55 bits per heavy atom. The van der Waals surface area contributed by atoms with Gasteiger partial charge in [0.1, 0.15) is 35.3 Å². The number of hydrogen-bond acceptors (Lipinski definition) is 11. The lowest BCUT2D eigenvalue weighted by Gasteiger charge is -2.16. The second-order valence-electron chi connectivity index (χ2n) is 4.36. The Bertz CT molecular complexity index is 620. The largest absolute Gasteiger partial charge is 0.387 e. The Labute approximate surface area is 122 Å². The van der Waals surface area contributed by atoms with Gasteiger partial charge in [-0.15, -0.1) is 0 Å². The number of rotatable bonds is 5. The lowest BCUT2D eigenvalue weighted by Crippen LogP contribution is -2.36. The fourth-order valence-electron chi connectivity index (χ4n) is 1.95. The first-order valence-electron chi connectivity index (χ1n) is 6.02. The van der Waals surface area contributed by atoms with E-state index in [2.05, 4.69) is 25.3 Å². The number of nitrogen functional groups attached to an aromatic ring is 1. The number of nitrogens with zero attached hydrogens (tertiary/aromatic N) is 5. The van der Waals surface area contributed by atoms with Gasteiger partial charge >= 0.3 is 5.69 Å². The van der Waals surface area contributed by atoms with Gasteiger partial charge in [0.15, 0.2) is 12.8 Å². The van der Waals surface area contributed by atoms with Crippen molar-refractivity contribution in [3.63, 3.8) is 0 Å². The maximum absolute atomic E-state index is 11.0. The third-order valence-electron chi connectivity index (χ3n) is 3.01. The van der Waals surface area contributed by atoms with Gasteiger partial charge in [-0.2, -0.15) is 0 Å². The molecule has 1 aliphatic rings. The molecule has 1 aromatic heterocycles. The maximum atomic E-state index is 11.0. The molecule has 22 heavy (non-hydrogen) atoms. The summed E-state index contributed by atoms with van der Waals surface area (Å²) >= 11 is 0. The Morgan fingerprint density at radius 2 is 2.27 bits per heavy atom. The number of nitrogens with one attached hydrogen (secondary N) is 2. The normalized spacial score (nSPS) is 27.2. The first kappa shape index (κ1) is 15.7. The van der Waals surface area contributed by atoms with Crippen LogP contribution in [0.4, 0.5) is 17.3 Å². The van der Waals surface area contributed by atoms with Crippen LogP contribution in [0.25, 0.3) is 0 Å². The van der Waals surface area contributed by atoms with E-state index < -0.39 is 35.2 Å². The van der Waals surface area contributed by atoms with Gasteiger partial charge in [0.05, 0.1) is 4.92 Å². The smallest absolute Gasteiger partial charge is 0.353 e. The number of hydrogen-bond donors (Lipinski definition) is 5. The highest BCUT2D eigenvalue weighted by atomic mass is 16.6. The second-order valence-corrected chi connectivity index (χ2v) is 4.36. The number of aliphatic hydroxyl groups excluding tert-OH is 2. The second kappa shape index (κ2) is 6.36. The molecule has 0 amide bonds. The van der Waals surface area contributed by atoms with Crippen LogP contribution in [0.3, 0.4) is 0 Å². The zero-order valence-corrected chi connectivity index (χ0v) is 11.0. The zero-order chi connectivity index (χ0) is 16.3. The van der Waals surface area contributed by atoms with Gasteiger partial charge in [-0.1, -0.05) is 0 Å². The Balaban J connectivity index is 2.19. The number of nitro groups is 1. The van der Waals surface area contributed by atoms with Gasteiger partial charge in [-0.05, 0) is 0 Å². The van der Waals surface area contributed by atoms with E-state index in [1.54, 1.807) is 0 Å². The third kappa shape index (κ3) is 2.96. The van der Waals surface area contributed by atoms with Crippen molar-refractivity contribution in [2.24, 2.45) is 5.11 Å². The summed E-state index contributed by atoms with van der Waals surface area (Å²) in [6.07, 6.45) is -3.77. The molecule has 4 atom stereocenters. The van der Waals surface area contributed by atoms with Crippen molar-refractivity contribution in [3.8, 4) is 0 Å². The van der Waals surface area contributed by atoms with Crippen molar-refractivity contribution < 1.29 is 19.9 Å². The summed E-state index contributed by atoms with van der Waals surface area (Å²) in [6, 6.07) is 0. The quantitative estimate of drug-likeness (QED) is 0.183. The highest BCUT2D eigenvalue weighted by Crippen LogP contribution is 2.30. The van der Waals surface area contributed by atoms with Crippen molar-refractivity contribution in [2.75, 3.05) is 17.6 Å². The van der Waals surface area contributed by atoms with Gasteiger partial charge < -0.3 is 26.0 Å². The lowest BCUT2D eigenvalue weighted by molar-refractivity contribution is -0.383. The van der Waals surface area contributed by atoms with E-state index in [9.17, 15) is 20.3 Å². The molecule has 1 fully saturated rings. The van der Waals surface area contributed by atoms with Crippen molar-refractivity contribution in [2.45, 2.75) is 24.5 Å². The number of nitrogens with two attached hydrogens (primary N) is 1. The molecule has 2 rings (SSSR count). The van der Waals surface area contributed by atoms with Crippen LogP contribution in [0.15, 0.2) is 11.4 Å². The Kier molecular flexibility index (Phi) is 4.53. The molecule has 13 heteroatoms. The fraction of sp³-hybridized carbons (Fsp3) is 0.556. The summed E-state index contributed by atoms with van der Waals surface area (Å²) in [5.41, 5.74) is 11.4. The van der Waals surface area contributed by atoms with E-state index in [1.165, 1.54) is 0 Å². The molecule has 1 saturated heterocycles. The SMILES string of the molecule is N=[N+]=NC[C@H]1O[C@@H](Nc2ncnc(N)c2[N+](=O)[O-])[C@H](O)[C@@H]1O. The van der Waals surface area contributed by atoms with Crippen LogP contribution in [0.2, 0.25) is 0 Å². The van der Waals surface area contributed by atoms with Crippen LogP contribution in [0, 0.1) is 15.6 Å². The van der Waals surface area contributed by atoms with E-state index in [-0.39, 0.29) is 18.2 Å². The van der Waals surface area contributed by atoms with Crippen LogP contribution in [0.1, 0.15) is 0 Å². The summed E-state index contributed by atoms with van der Waals surface area (Å²) < 4.78 is 5.29. The van der Waals surface area contributed by atoms with E-state index in [1.807, 2.05) is 0 Å². The van der Waals surface area contributed by atoms with Crippen molar-refractivity contribution in [1.82, 2.24) is 14.9 Å². The van der Waals surface area contributed by atoms with Crippen molar-refractivity contribution in [3.05, 3.63) is 16.4 Å². The Morgan fingerprint density at radius 3 is 2.91 bits per heavy atom. The molecule has 0 aliphatic carbocycles. The molecule has 0 unspecified atom stereocenters. The van der Waals surface area contributed by atoms with Gasteiger partial charge in [-0.3, -0.25) is 10.1 Å². The number of anilines is 2. The van der Waals surface area contributed by atoms with E-state index in [0.29, 0.717) is 0 Å². The van der Waals surface area contributed by atoms with Crippen LogP contribution in [-0.2, 0) is 4.74 Å². The molecule has 118 valence electrons. The van der Waals surface area contributed by atoms with Gasteiger partial charge in [-0.25, -0.2) is 9.97 Å². The molecule has 1 aliphatic heterocycles. The minimum Gasteiger partial charge on any atom is -0.387 e. The molecule has 2 heterocycles. The molecule has 6 N–H and O–H groups in total. The van der Waals surface area contributed by atoms with Gasteiger partial charge in [0.2, 0.25) is 16.5 Å². The van der Waals surface area contributed by atoms with Crippen molar-refractivity contribution >= 4 is 17.3 Å². The minimum atomic E-state index is -1.39. The lowest BCUT2D eigenvalue weighted by atomic mass is 10.1. The average molecular weight is 313 g/mol. The fourth-order valence-corrected chi connectivity index (χ4v) is 1.95. The molecular weight excluding hydrogens is 300 g/mol. The standard InChI is InChI=1S/C9H13N8O5/c10-7-4(17(20)21)8(13-2-12-7)15-9-6(19)5(18)3(22-9)1-14-16-11/h2-3,5-6,9,11,18-19H,1H2,(H3,10,12,13,15)/q+1/t3-,5-,6-,9-/m1/s1. The highest BCUT2D eigenvalue weighted by Gasteiger charge is 2.44. The summed E-state index contributed by atoms with van der Waals surface area (Å²) in [5.74, 6) is -0.605. The van der Waals surface area contributed by atoms with E-state index in [0.717, 1.165) is 6.33 Å². The highest BCUT2D eigenvalue weighted by molar-refractivity contribution is 5.67. The first-order chi connectivity index (χ1) is 10.5. The molecule has 0 aromatic carbocycles. The minimum absolute atomic E-state index is 0.145. The number of ether oxygens (including phenoxy) is 1. The van der Waals surface area contributed by atoms with Gasteiger partial charge in [0, 0.05) is 0 Å². The molecule has 0 bridgehead atoms. The summed E-state index contributed by atoms with van der Waals surface area (Å²) in [4.78, 5) is 20.2. The molecule has 0 radical (unpaired) electrons. The van der Waals surface area contributed by atoms with E-state index >= 15 is 0 Å². The molecule has 13 nitrogen and oxygen atoms in total. The predicted molar refractivity (Wildman–Crippen MR) is 69.5 cm³/mol. The average Bonchev–Trinajstić information content (AvgIpc) is 2.73. The molecule has 0 saturated carbocycles. The van der Waals surface area contributed by atoms with Crippen LogP contribution < -0.4 is 16.0 Å². The predicted octanol–water partition coefficient (Wildman–Crippen LogP) is -1.62. The zero-order valence-electron chi connectivity index (χ0n) is 11.0. The monoisotopic (exact) mass is 313 g/mol. The van der Waals surface area contributed by atoms with Crippen LogP contribution in [0.5, 0.6) is 0 Å². The number of aliphatic hydroxyl groups is 2. The molecule has 1 aromatic rings. The topological polar surface area (TPSA) is 207 Å². The molecular formula is C9H13N8O5+. The maximum Gasteiger partial charge on any atom is 0.353 e. The van der Waals surface area contributed by atoms with Crippen LogP contribution >= 0.6 is 0 Å². The van der Waals surface area contributed by atoms with Gasteiger partial charge in [0.25, 0.3) is 0 Å². The van der Waals surface area contributed by atoms with E-state index in [4.69, 9.17) is 16.0 Å². The third-order valence-corrected chi connectivity index (χ3v) is 3.01. The van der Waals surface area contributed by atoms with Crippen LogP contribution in [-0.4, -0.2) is 56.2 Å². The van der Waals surface area contributed by atoms with Crippen molar-refractivity contribution in [1.29, 1.82) is 5.53 Å². The first-order valence-corrected chi connectivity index (χ1v) is 6.02. The summed E-state index contributed by atoms with van der Waals surface area (Å²) in [5, 5.41) is 36.5. The molecule has 0 spiro atoms. The summed E-state index contributed by atoms with van der Waals surface area (Å²) in [6.45, 7) is -0.145. The summed E-state index contributed by atoms with van der Waals surface area (Å²) in [7, 11) is 0. The number of aromatic nitrogens is 2. The Hall–Kier alpha value is -2.73.